The molecular weight excluding hydrogens is 379 g/mol. The van der Waals surface area contributed by atoms with Crippen molar-refractivity contribution in [3.05, 3.63) is 94.3 Å². The second-order valence-electron chi connectivity index (χ2n) is 5.98. The molecule has 0 bridgehead atoms. The fraction of sp³-hybridized carbons (Fsp3) is 0.0952. The van der Waals surface area contributed by atoms with E-state index in [2.05, 4.69) is 0 Å². The maximum Gasteiger partial charge on any atom is 0.344 e. The van der Waals surface area contributed by atoms with Crippen molar-refractivity contribution in [1.82, 2.24) is 0 Å². The molecule has 0 radical (unpaired) electrons. The van der Waals surface area contributed by atoms with E-state index in [4.69, 9.17) is 4.74 Å². The van der Waals surface area contributed by atoms with Crippen molar-refractivity contribution in [3.8, 4) is 11.1 Å². The molecule has 3 rings (SSSR count). The van der Waals surface area contributed by atoms with E-state index < -0.39 is 47.2 Å². The molecule has 0 aliphatic carbocycles. The molecule has 144 valence electrons. The van der Waals surface area contributed by atoms with Crippen LogP contribution in [0, 0.1) is 36.0 Å². The minimum atomic E-state index is -2.34. The summed E-state index contributed by atoms with van der Waals surface area (Å²) in [5.74, 6) is -12.8. The van der Waals surface area contributed by atoms with Crippen molar-refractivity contribution in [2.24, 2.45) is 0 Å². The zero-order chi connectivity index (χ0) is 20.4. The number of ether oxygens (including phenoxy) is 1. The topological polar surface area (TPSA) is 26.3 Å². The lowest BCUT2D eigenvalue weighted by Gasteiger charge is -2.13. The zero-order valence-corrected chi connectivity index (χ0v) is 14.5. The molecule has 0 heterocycles. The maximum absolute atomic E-state index is 13.7. The van der Waals surface area contributed by atoms with Gasteiger partial charge in [-0.3, -0.25) is 0 Å². The standard InChI is InChI=1S/C21H13F5O2/c1-11-13(8-5-9-14(11)12-6-3-2-4-7-12)10-28-21(27)15-16(22)18(24)20(26)19(25)17(15)23/h2-9H,10H2,1H3. The zero-order valence-electron chi connectivity index (χ0n) is 14.5. The van der Waals surface area contributed by atoms with Gasteiger partial charge in [0.05, 0.1) is 0 Å². The highest BCUT2D eigenvalue weighted by molar-refractivity contribution is 5.90. The van der Waals surface area contributed by atoms with Gasteiger partial charge in [0, 0.05) is 0 Å². The minimum absolute atomic E-state index is 0.398. The summed E-state index contributed by atoms with van der Waals surface area (Å²) in [5.41, 5.74) is 1.42. The number of benzene rings is 3. The van der Waals surface area contributed by atoms with E-state index in [9.17, 15) is 26.7 Å². The minimum Gasteiger partial charge on any atom is -0.457 e. The fourth-order valence-electron chi connectivity index (χ4n) is 2.77. The van der Waals surface area contributed by atoms with Gasteiger partial charge >= 0.3 is 5.97 Å². The van der Waals surface area contributed by atoms with Crippen LogP contribution in [-0.2, 0) is 11.3 Å². The lowest BCUT2D eigenvalue weighted by atomic mass is 9.97. The Balaban J connectivity index is 1.87. The molecule has 7 heteroatoms. The smallest absolute Gasteiger partial charge is 0.344 e. The van der Waals surface area contributed by atoms with Crippen molar-refractivity contribution in [1.29, 1.82) is 0 Å². The number of carbonyl (C=O) groups excluding carboxylic acids is 1. The first-order valence-corrected chi connectivity index (χ1v) is 8.15. The highest BCUT2D eigenvalue weighted by atomic mass is 19.2. The number of hydrogen-bond acceptors (Lipinski definition) is 2. The van der Waals surface area contributed by atoms with Crippen LogP contribution in [0.15, 0.2) is 48.5 Å². The Labute approximate surface area is 157 Å². The van der Waals surface area contributed by atoms with Crippen molar-refractivity contribution in [3.63, 3.8) is 0 Å². The highest BCUT2D eigenvalue weighted by Crippen LogP contribution is 2.27. The summed E-state index contributed by atoms with van der Waals surface area (Å²) in [6.07, 6.45) is 0. The fourth-order valence-corrected chi connectivity index (χ4v) is 2.77. The van der Waals surface area contributed by atoms with Crippen molar-refractivity contribution >= 4 is 5.97 Å². The molecule has 2 nitrogen and oxygen atoms in total. The van der Waals surface area contributed by atoms with Crippen LogP contribution in [0.1, 0.15) is 21.5 Å². The number of halogens is 5. The Bertz CT molecular complexity index is 1020. The molecule has 3 aromatic rings. The van der Waals surface area contributed by atoms with E-state index in [0.717, 1.165) is 16.7 Å². The average molecular weight is 392 g/mol. The third kappa shape index (κ3) is 3.47. The van der Waals surface area contributed by atoms with Crippen LogP contribution in [0.3, 0.4) is 0 Å². The molecule has 0 spiro atoms. The molecule has 0 aromatic heterocycles. The van der Waals surface area contributed by atoms with Crippen LogP contribution in [0.2, 0.25) is 0 Å². The van der Waals surface area contributed by atoms with Gasteiger partial charge in [0.2, 0.25) is 5.82 Å². The summed E-state index contributed by atoms with van der Waals surface area (Å²) < 4.78 is 71.9. The molecule has 0 aliphatic heterocycles. The number of rotatable bonds is 4. The van der Waals surface area contributed by atoms with Crippen LogP contribution in [0.4, 0.5) is 22.0 Å². The van der Waals surface area contributed by atoms with Gasteiger partial charge in [0.15, 0.2) is 23.3 Å². The summed E-state index contributed by atoms with van der Waals surface area (Å²) in [6, 6.07) is 14.5. The van der Waals surface area contributed by atoms with Crippen molar-refractivity contribution in [2.75, 3.05) is 0 Å². The number of esters is 1. The Kier molecular flexibility index (Phi) is 5.44. The van der Waals surface area contributed by atoms with Gasteiger partial charge in [0.25, 0.3) is 0 Å². The largest absolute Gasteiger partial charge is 0.457 e. The van der Waals surface area contributed by atoms with Crippen molar-refractivity contribution in [2.45, 2.75) is 13.5 Å². The molecule has 0 saturated carbocycles. The third-order valence-electron chi connectivity index (χ3n) is 4.30. The molecule has 0 amide bonds. The summed E-state index contributed by atoms with van der Waals surface area (Å²) >= 11 is 0. The van der Waals surface area contributed by atoms with E-state index >= 15 is 0 Å². The van der Waals surface area contributed by atoms with E-state index in [1.54, 1.807) is 19.1 Å². The van der Waals surface area contributed by atoms with Crippen LogP contribution < -0.4 is 0 Å². The predicted octanol–water partition coefficient (Wildman–Crippen LogP) is 5.71. The van der Waals surface area contributed by atoms with Gasteiger partial charge in [-0.15, -0.1) is 0 Å². The molecule has 0 unspecified atom stereocenters. The van der Waals surface area contributed by atoms with Crippen LogP contribution in [0.25, 0.3) is 11.1 Å². The van der Waals surface area contributed by atoms with E-state index in [-0.39, 0.29) is 0 Å². The van der Waals surface area contributed by atoms with E-state index in [0.29, 0.717) is 5.56 Å². The Morgan fingerprint density at radius 2 is 1.36 bits per heavy atom. The van der Waals surface area contributed by atoms with Crippen LogP contribution >= 0.6 is 0 Å². The van der Waals surface area contributed by atoms with Crippen molar-refractivity contribution < 1.29 is 31.5 Å². The van der Waals surface area contributed by atoms with Gasteiger partial charge in [-0.25, -0.2) is 26.7 Å². The molecule has 0 N–H and O–H groups in total. The Hall–Kier alpha value is -3.22. The second-order valence-corrected chi connectivity index (χ2v) is 5.98. The van der Waals surface area contributed by atoms with Gasteiger partial charge in [0.1, 0.15) is 12.2 Å². The lowest BCUT2D eigenvalue weighted by molar-refractivity contribution is 0.0457. The van der Waals surface area contributed by atoms with Crippen LogP contribution in [0.5, 0.6) is 0 Å². The normalized spacial score (nSPS) is 10.8. The Morgan fingerprint density at radius 1 is 0.786 bits per heavy atom. The molecule has 28 heavy (non-hydrogen) atoms. The van der Waals surface area contributed by atoms with Gasteiger partial charge < -0.3 is 4.74 Å². The summed E-state index contributed by atoms with van der Waals surface area (Å²) in [4.78, 5) is 12.0. The van der Waals surface area contributed by atoms with Gasteiger partial charge in [-0.05, 0) is 29.2 Å². The molecule has 3 aromatic carbocycles. The number of hydrogen-bond donors (Lipinski definition) is 0. The number of carbonyl (C=O) groups is 1. The average Bonchev–Trinajstić information content (AvgIpc) is 2.71. The predicted molar refractivity (Wildman–Crippen MR) is 92.0 cm³/mol. The van der Waals surface area contributed by atoms with E-state index in [1.807, 2.05) is 36.4 Å². The van der Waals surface area contributed by atoms with E-state index in [1.165, 1.54) is 0 Å². The first-order valence-electron chi connectivity index (χ1n) is 8.15. The van der Waals surface area contributed by atoms with Crippen LogP contribution in [-0.4, -0.2) is 5.97 Å². The Morgan fingerprint density at radius 3 is 1.96 bits per heavy atom. The summed E-state index contributed by atoms with van der Waals surface area (Å²) in [6.45, 7) is 1.37. The molecule has 0 atom stereocenters. The first-order chi connectivity index (χ1) is 13.3. The molecule has 0 aliphatic rings. The monoisotopic (exact) mass is 392 g/mol. The molecule has 0 saturated heterocycles. The quantitative estimate of drug-likeness (QED) is 0.246. The SMILES string of the molecule is Cc1c(COC(=O)c2c(F)c(F)c(F)c(F)c2F)cccc1-c1ccccc1. The lowest BCUT2D eigenvalue weighted by Crippen LogP contribution is -2.15. The molecule has 0 fully saturated rings. The first kappa shape index (κ1) is 19.5. The summed E-state index contributed by atoms with van der Waals surface area (Å²) in [7, 11) is 0. The second kappa shape index (κ2) is 7.80. The summed E-state index contributed by atoms with van der Waals surface area (Å²) in [5, 5.41) is 0. The van der Waals surface area contributed by atoms with Gasteiger partial charge in [-0.1, -0.05) is 48.5 Å². The van der Waals surface area contributed by atoms with Gasteiger partial charge in [-0.2, -0.15) is 0 Å². The highest BCUT2D eigenvalue weighted by Gasteiger charge is 2.30. The third-order valence-corrected chi connectivity index (χ3v) is 4.30. The maximum atomic E-state index is 13.7. The molecular formula is C21H13F5O2.